The van der Waals surface area contributed by atoms with E-state index in [-0.39, 0.29) is 0 Å². The maximum Gasteiger partial charge on any atom is 0.186 e. The predicted octanol–water partition coefficient (Wildman–Crippen LogP) is 1.24. The van der Waals surface area contributed by atoms with E-state index in [0.717, 1.165) is 22.2 Å². The van der Waals surface area contributed by atoms with Crippen LogP contribution in [0.2, 0.25) is 0 Å². The third-order valence-electron chi connectivity index (χ3n) is 2.45. The van der Waals surface area contributed by atoms with Gasteiger partial charge in [0.05, 0.1) is 11.9 Å². The van der Waals surface area contributed by atoms with Crippen LogP contribution in [0.15, 0.2) is 35.6 Å². The first kappa shape index (κ1) is 12.3. The lowest BCUT2D eigenvalue weighted by Gasteiger charge is -2.04. The van der Waals surface area contributed by atoms with Crippen LogP contribution < -0.4 is 16.5 Å². The molecule has 1 heterocycles. The third-order valence-corrected chi connectivity index (χ3v) is 2.75. The number of thiocarbonyl (C=S) groups is 1. The Morgan fingerprint density at radius 3 is 3.00 bits per heavy atom. The molecular formula is C12H13N5S. The molecule has 0 atom stereocenters. The van der Waals surface area contributed by atoms with Crippen molar-refractivity contribution < 1.29 is 0 Å². The van der Waals surface area contributed by atoms with Gasteiger partial charge in [-0.1, -0.05) is 12.1 Å². The standard InChI is InChI=1S/C12H13N5S/c1-14-12(18)17-16-7-11-9-3-2-4-10(13)8(9)5-6-15-11/h2-7H,13H2,1H3,(H2,14,17,18). The van der Waals surface area contributed by atoms with Crippen LogP contribution in [0, 0.1) is 0 Å². The zero-order valence-electron chi connectivity index (χ0n) is 9.84. The highest BCUT2D eigenvalue weighted by Gasteiger charge is 2.01. The number of hydrazone groups is 1. The lowest BCUT2D eigenvalue weighted by molar-refractivity contribution is 0.981. The molecule has 0 aliphatic carbocycles. The molecular weight excluding hydrogens is 246 g/mol. The number of fused-ring (bicyclic) bond motifs is 1. The molecule has 2 aromatic rings. The van der Waals surface area contributed by atoms with Gasteiger partial charge >= 0.3 is 0 Å². The fourth-order valence-electron chi connectivity index (χ4n) is 1.56. The van der Waals surface area contributed by atoms with Gasteiger partial charge in [-0.2, -0.15) is 5.10 Å². The molecule has 92 valence electrons. The van der Waals surface area contributed by atoms with E-state index in [0.29, 0.717) is 5.11 Å². The first-order valence-corrected chi connectivity index (χ1v) is 5.77. The minimum atomic E-state index is 0.450. The summed E-state index contributed by atoms with van der Waals surface area (Å²) in [5, 5.41) is 9.14. The molecule has 4 N–H and O–H groups in total. The molecule has 5 nitrogen and oxygen atoms in total. The van der Waals surface area contributed by atoms with Crippen molar-refractivity contribution in [2.24, 2.45) is 5.10 Å². The van der Waals surface area contributed by atoms with E-state index >= 15 is 0 Å². The normalized spacial score (nSPS) is 10.7. The van der Waals surface area contributed by atoms with Crippen LogP contribution in [0.3, 0.4) is 0 Å². The van der Waals surface area contributed by atoms with Crippen molar-refractivity contribution in [1.82, 2.24) is 15.7 Å². The number of nitrogens with one attached hydrogen (secondary N) is 2. The highest BCUT2D eigenvalue weighted by molar-refractivity contribution is 7.80. The Balaban J connectivity index is 2.34. The molecule has 0 amide bonds. The summed E-state index contributed by atoms with van der Waals surface area (Å²) >= 11 is 4.91. The number of nitrogens with zero attached hydrogens (tertiary/aromatic N) is 2. The van der Waals surface area contributed by atoms with Gasteiger partial charge in [-0.3, -0.25) is 10.4 Å². The summed E-state index contributed by atoms with van der Waals surface area (Å²) in [4.78, 5) is 4.26. The molecule has 0 aliphatic heterocycles. The Hall–Kier alpha value is -2.21. The summed E-state index contributed by atoms with van der Waals surface area (Å²) in [5.41, 5.74) is 10.1. The van der Waals surface area contributed by atoms with Crippen molar-refractivity contribution in [3.05, 3.63) is 36.2 Å². The summed E-state index contributed by atoms with van der Waals surface area (Å²) in [6, 6.07) is 7.59. The SMILES string of the molecule is CNC(=S)NN=Cc1nccc2c(N)cccc12. The van der Waals surface area contributed by atoms with Gasteiger partial charge < -0.3 is 11.1 Å². The maximum absolute atomic E-state index is 5.90. The number of nitrogens with two attached hydrogens (primary N) is 1. The number of pyridine rings is 1. The highest BCUT2D eigenvalue weighted by atomic mass is 32.1. The third kappa shape index (κ3) is 2.54. The first-order valence-electron chi connectivity index (χ1n) is 5.36. The number of aromatic nitrogens is 1. The van der Waals surface area contributed by atoms with E-state index in [4.69, 9.17) is 18.0 Å². The number of anilines is 1. The fourth-order valence-corrected chi connectivity index (χ4v) is 1.62. The second-order valence-electron chi connectivity index (χ2n) is 3.59. The molecule has 1 aromatic heterocycles. The summed E-state index contributed by atoms with van der Waals surface area (Å²) in [6.07, 6.45) is 3.32. The molecule has 0 saturated carbocycles. The average molecular weight is 259 g/mol. The quantitative estimate of drug-likeness (QED) is 0.327. The number of hydrogen-bond acceptors (Lipinski definition) is 4. The molecule has 0 bridgehead atoms. The van der Waals surface area contributed by atoms with Crippen LogP contribution in [0.4, 0.5) is 5.69 Å². The second kappa shape index (κ2) is 5.42. The van der Waals surface area contributed by atoms with Crippen molar-refractivity contribution in [2.45, 2.75) is 0 Å². The molecule has 0 aliphatic rings. The number of benzene rings is 1. The second-order valence-corrected chi connectivity index (χ2v) is 4.00. The molecule has 0 fully saturated rings. The van der Waals surface area contributed by atoms with E-state index in [2.05, 4.69) is 20.8 Å². The fraction of sp³-hybridized carbons (Fsp3) is 0.0833. The molecule has 0 unspecified atom stereocenters. The first-order chi connectivity index (χ1) is 8.72. The summed E-state index contributed by atoms with van der Waals surface area (Å²) in [5.74, 6) is 0. The van der Waals surface area contributed by atoms with Crippen LogP contribution in [0.1, 0.15) is 5.69 Å². The van der Waals surface area contributed by atoms with E-state index in [1.165, 1.54) is 0 Å². The van der Waals surface area contributed by atoms with Crippen molar-refractivity contribution in [3.63, 3.8) is 0 Å². The number of nitrogen functional groups attached to an aromatic ring is 1. The summed E-state index contributed by atoms with van der Waals surface area (Å²) in [6.45, 7) is 0. The van der Waals surface area contributed by atoms with Crippen molar-refractivity contribution in [3.8, 4) is 0 Å². The van der Waals surface area contributed by atoms with E-state index in [1.54, 1.807) is 19.5 Å². The van der Waals surface area contributed by atoms with Crippen molar-refractivity contribution in [2.75, 3.05) is 12.8 Å². The van der Waals surface area contributed by atoms with E-state index < -0.39 is 0 Å². The van der Waals surface area contributed by atoms with Gasteiger partial charge in [0.1, 0.15) is 0 Å². The van der Waals surface area contributed by atoms with E-state index in [9.17, 15) is 0 Å². The highest BCUT2D eigenvalue weighted by Crippen LogP contribution is 2.21. The number of rotatable bonds is 2. The molecule has 2 rings (SSSR count). The Bertz CT molecular complexity index is 608. The summed E-state index contributed by atoms with van der Waals surface area (Å²) < 4.78 is 0. The summed E-state index contributed by atoms with van der Waals surface area (Å²) in [7, 11) is 1.72. The van der Waals surface area contributed by atoms with Gasteiger partial charge in [-0.25, -0.2) is 0 Å². The van der Waals surface area contributed by atoms with Crippen molar-refractivity contribution in [1.29, 1.82) is 0 Å². The van der Waals surface area contributed by atoms with Crippen LogP contribution in [-0.4, -0.2) is 23.4 Å². The van der Waals surface area contributed by atoms with Gasteiger partial charge in [0, 0.05) is 29.7 Å². The topological polar surface area (TPSA) is 75.3 Å². The molecule has 6 heteroatoms. The molecule has 1 aromatic carbocycles. The zero-order valence-corrected chi connectivity index (χ0v) is 10.7. The smallest absolute Gasteiger partial charge is 0.186 e. The van der Waals surface area contributed by atoms with Crippen molar-refractivity contribution >= 4 is 40.0 Å². The Labute approximate surface area is 110 Å². The minimum absolute atomic E-state index is 0.450. The lowest BCUT2D eigenvalue weighted by Crippen LogP contribution is -2.28. The Kier molecular flexibility index (Phi) is 3.69. The molecule has 0 radical (unpaired) electrons. The average Bonchev–Trinajstić information content (AvgIpc) is 2.39. The largest absolute Gasteiger partial charge is 0.398 e. The minimum Gasteiger partial charge on any atom is -0.398 e. The monoisotopic (exact) mass is 259 g/mol. The van der Waals surface area contributed by atoms with Gasteiger partial charge in [-0.15, -0.1) is 0 Å². The maximum atomic E-state index is 5.90. The molecule has 18 heavy (non-hydrogen) atoms. The van der Waals surface area contributed by atoms with Crippen LogP contribution in [0.5, 0.6) is 0 Å². The van der Waals surface area contributed by atoms with Gasteiger partial charge in [-0.05, 0) is 24.4 Å². The Morgan fingerprint density at radius 2 is 2.22 bits per heavy atom. The van der Waals surface area contributed by atoms with Gasteiger partial charge in [0.25, 0.3) is 0 Å². The van der Waals surface area contributed by atoms with Crippen LogP contribution >= 0.6 is 12.2 Å². The Morgan fingerprint density at radius 1 is 1.39 bits per heavy atom. The molecule has 0 spiro atoms. The predicted molar refractivity (Wildman–Crippen MR) is 78.5 cm³/mol. The molecule has 0 saturated heterocycles. The van der Waals surface area contributed by atoms with Crippen LogP contribution in [-0.2, 0) is 0 Å². The lowest BCUT2D eigenvalue weighted by atomic mass is 10.1. The van der Waals surface area contributed by atoms with E-state index in [1.807, 2.05) is 24.3 Å². The zero-order chi connectivity index (χ0) is 13.0. The van der Waals surface area contributed by atoms with Crippen LogP contribution in [0.25, 0.3) is 10.8 Å². The van der Waals surface area contributed by atoms with Gasteiger partial charge in [0.2, 0.25) is 0 Å². The van der Waals surface area contributed by atoms with Gasteiger partial charge in [0.15, 0.2) is 5.11 Å². The number of hydrogen-bond donors (Lipinski definition) is 3.